The zero-order chi connectivity index (χ0) is 21.6. The van der Waals surface area contributed by atoms with Gasteiger partial charge in [-0.2, -0.15) is 10.2 Å². The Bertz CT molecular complexity index is 1210. The number of aryl methyl sites for hydroxylation is 1. The zero-order valence-electron chi connectivity index (χ0n) is 17.4. The van der Waals surface area contributed by atoms with Crippen molar-refractivity contribution in [3.8, 4) is 16.9 Å². The second-order valence-corrected chi connectivity index (χ2v) is 7.56. The van der Waals surface area contributed by atoms with Gasteiger partial charge in [-0.1, -0.05) is 60.7 Å². The Hall–Kier alpha value is -3.77. The molecule has 0 atom stereocenters. The molecule has 0 saturated heterocycles. The first kappa shape index (κ1) is 20.5. The molecule has 1 heterocycles. The van der Waals surface area contributed by atoms with E-state index in [0.717, 1.165) is 33.8 Å². The first-order valence-corrected chi connectivity index (χ1v) is 10.4. The lowest BCUT2D eigenvalue weighted by molar-refractivity contribution is 0.884. The molecule has 0 aliphatic rings. The number of aromatic nitrogens is 2. The van der Waals surface area contributed by atoms with Crippen LogP contribution in [0.4, 0.5) is 5.69 Å². The van der Waals surface area contributed by atoms with Crippen LogP contribution >= 0.6 is 12.2 Å². The second-order valence-electron chi connectivity index (χ2n) is 7.15. The lowest BCUT2D eigenvalue weighted by Crippen LogP contribution is -2.24. The van der Waals surface area contributed by atoms with Gasteiger partial charge in [-0.15, -0.1) is 0 Å². The van der Waals surface area contributed by atoms with Crippen molar-refractivity contribution in [3.63, 3.8) is 0 Å². The van der Waals surface area contributed by atoms with E-state index in [4.69, 9.17) is 17.3 Å². The molecule has 6 heteroatoms. The van der Waals surface area contributed by atoms with E-state index in [1.165, 1.54) is 5.56 Å². The number of hydrogen-bond acceptors (Lipinski definition) is 3. The van der Waals surface area contributed by atoms with Crippen molar-refractivity contribution >= 4 is 29.2 Å². The van der Waals surface area contributed by atoms with Gasteiger partial charge < -0.3 is 5.32 Å². The molecule has 154 valence electrons. The van der Waals surface area contributed by atoms with Crippen LogP contribution in [0, 0.1) is 13.8 Å². The van der Waals surface area contributed by atoms with E-state index in [0.29, 0.717) is 5.11 Å². The average molecular weight is 426 g/mol. The molecular formula is C25H23N5S. The van der Waals surface area contributed by atoms with Gasteiger partial charge in [0.05, 0.1) is 11.9 Å². The molecule has 0 bridgehead atoms. The van der Waals surface area contributed by atoms with Gasteiger partial charge in [0.15, 0.2) is 5.11 Å². The fourth-order valence-electron chi connectivity index (χ4n) is 3.21. The summed E-state index contributed by atoms with van der Waals surface area (Å²) in [6.45, 7) is 4.14. The van der Waals surface area contributed by atoms with Crippen molar-refractivity contribution in [2.45, 2.75) is 13.8 Å². The predicted octanol–water partition coefficient (Wildman–Crippen LogP) is 5.48. The summed E-state index contributed by atoms with van der Waals surface area (Å²) in [4.78, 5) is 0. The third-order valence-corrected chi connectivity index (χ3v) is 5.23. The van der Waals surface area contributed by atoms with Crippen LogP contribution in [0.2, 0.25) is 0 Å². The van der Waals surface area contributed by atoms with Crippen molar-refractivity contribution in [1.82, 2.24) is 15.2 Å². The molecule has 0 saturated carbocycles. The van der Waals surface area contributed by atoms with Crippen molar-refractivity contribution < 1.29 is 0 Å². The predicted molar refractivity (Wildman–Crippen MR) is 132 cm³/mol. The van der Waals surface area contributed by atoms with Crippen molar-refractivity contribution in [3.05, 3.63) is 102 Å². The molecule has 0 fully saturated rings. The fourth-order valence-corrected chi connectivity index (χ4v) is 3.38. The van der Waals surface area contributed by atoms with Crippen molar-refractivity contribution in [1.29, 1.82) is 0 Å². The lowest BCUT2D eigenvalue weighted by Gasteiger charge is -2.11. The summed E-state index contributed by atoms with van der Waals surface area (Å²) in [5.74, 6) is 0. The van der Waals surface area contributed by atoms with Crippen molar-refractivity contribution in [2.75, 3.05) is 5.32 Å². The molecule has 0 amide bonds. The van der Waals surface area contributed by atoms with Crippen LogP contribution in [0.3, 0.4) is 0 Å². The molecule has 0 spiro atoms. The van der Waals surface area contributed by atoms with Gasteiger partial charge in [0.1, 0.15) is 5.69 Å². The number of thiocarbonyl (C=S) groups is 1. The van der Waals surface area contributed by atoms with Crippen LogP contribution in [0.1, 0.15) is 16.7 Å². The zero-order valence-corrected chi connectivity index (χ0v) is 18.2. The quantitative estimate of drug-likeness (QED) is 0.253. The maximum Gasteiger partial charge on any atom is 0.191 e. The smallest absolute Gasteiger partial charge is 0.191 e. The SMILES string of the molecule is Cc1cccc(NC(=S)NN=Cc2cn(-c3ccccc3)nc2-c2ccccc2)c1C. The van der Waals surface area contributed by atoms with Crippen LogP contribution < -0.4 is 10.7 Å². The number of nitrogens with one attached hydrogen (secondary N) is 2. The third-order valence-electron chi connectivity index (χ3n) is 5.03. The third kappa shape index (κ3) is 4.87. The number of hydrazone groups is 1. The van der Waals surface area contributed by atoms with Gasteiger partial charge in [-0.25, -0.2) is 4.68 Å². The Labute approximate surface area is 187 Å². The van der Waals surface area contributed by atoms with Gasteiger partial charge in [-0.3, -0.25) is 5.43 Å². The van der Waals surface area contributed by atoms with E-state index in [-0.39, 0.29) is 0 Å². The Morgan fingerprint density at radius 2 is 1.65 bits per heavy atom. The molecule has 0 aliphatic carbocycles. The van der Waals surface area contributed by atoms with E-state index < -0.39 is 0 Å². The van der Waals surface area contributed by atoms with Gasteiger partial charge in [-0.05, 0) is 55.4 Å². The molecule has 0 radical (unpaired) electrons. The summed E-state index contributed by atoms with van der Waals surface area (Å²) in [6, 6.07) is 26.1. The molecular weight excluding hydrogens is 402 g/mol. The summed E-state index contributed by atoms with van der Waals surface area (Å²) >= 11 is 5.41. The molecule has 4 rings (SSSR count). The van der Waals surface area contributed by atoms with Gasteiger partial charge in [0.2, 0.25) is 0 Å². The average Bonchev–Trinajstić information content (AvgIpc) is 3.22. The molecule has 2 N–H and O–H groups in total. The van der Waals surface area contributed by atoms with E-state index in [9.17, 15) is 0 Å². The molecule has 4 aromatic rings. The van der Waals surface area contributed by atoms with Crippen LogP contribution in [0.5, 0.6) is 0 Å². The second kappa shape index (κ2) is 9.36. The summed E-state index contributed by atoms with van der Waals surface area (Å²) in [5.41, 5.74) is 9.98. The molecule has 1 aromatic heterocycles. The molecule has 5 nitrogen and oxygen atoms in total. The first-order chi connectivity index (χ1) is 15.1. The summed E-state index contributed by atoms with van der Waals surface area (Å²) in [7, 11) is 0. The van der Waals surface area contributed by atoms with E-state index >= 15 is 0 Å². The monoisotopic (exact) mass is 425 g/mol. The number of hydrogen-bond donors (Lipinski definition) is 2. The standard InChI is InChI=1S/C25H23N5S/c1-18-10-9-15-23(19(18)2)27-25(31)28-26-16-21-17-30(22-13-7-4-8-14-22)29-24(21)20-11-5-3-6-12-20/h3-17H,1-2H3,(H2,27,28,31). The van der Waals surface area contributed by atoms with E-state index in [1.807, 2.05) is 83.7 Å². The highest BCUT2D eigenvalue weighted by atomic mass is 32.1. The Balaban J connectivity index is 1.55. The van der Waals surface area contributed by atoms with Crippen LogP contribution in [0.15, 0.2) is 90.2 Å². The largest absolute Gasteiger partial charge is 0.331 e. The Kier molecular flexibility index (Phi) is 6.19. The molecule has 31 heavy (non-hydrogen) atoms. The van der Waals surface area contributed by atoms with Crippen molar-refractivity contribution in [2.24, 2.45) is 5.10 Å². The number of rotatable bonds is 5. The van der Waals surface area contributed by atoms with Crippen LogP contribution in [-0.2, 0) is 0 Å². The van der Waals surface area contributed by atoms with Gasteiger partial charge >= 0.3 is 0 Å². The summed E-state index contributed by atoms with van der Waals surface area (Å²) < 4.78 is 1.86. The first-order valence-electron chi connectivity index (χ1n) is 9.98. The van der Waals surface area contributed by atoms with Gasteiger partial charge in [0.25, 0.3) is 0 Å². The minimum Gasteiger partial charge on any atom is -0.331 e. The highest BCUT2D eigenvalue weighted by molar-refractivity contribution is 7.80. The molecule has 0 aliphatic heterocycles. The highest BCUT2D eigenvalue weighted by Gasteiger charge is 2.11. The van der Waals surface area contributed by atoms with E-state index in [2.05, 4.69) is 35.8 Å². The summed E-state index contributed by atoms with van der Waals surface area (Å²) in [6.07, 6.45) is 3.70. The number of para-hydroxylation sites is 1. The number of benzene rings is 3. The normalized spacial score (nSPS) is 10.9. The minimum atomic E-state index is 0.432. The Morgan fingerprint density at radius 1 is 0.935 bits per heavy atom. The number of nitrogens with zero attached hydrogens (tertiary/aromatic N) is 3. The molecule has 3 aromatic carbocycles. The minimum absolute atomic E-state index is 0.432. The molecule has 0 unspecified atom stereocenters. The lowest BCUT2D eigenvalue weighted by atomic mass is 10.1. The van der Waals surface area contributed by atoms with Gasteiger partial charge in [0, 0.05) is 23.0 Å². The van der Waals surface area contributed by atoms with E-state index in [1.54, 1.807) is 6.21 Å². The number of anilines is 1. The van der Waals surface area contributed by atoms with Crippen LogP contribution in [0.25, 0.3) is 16.9 Å². The topological polar surface area (TPSA) is 54.2 Å². The maximum atomic E-state index is 5.41. The Morgan fingerprint density at radius 3 is 2.39 bits per heavy atom. The highest BCUT2D eigenvalue weighted by Crippen LogP contribution is 2.22. The maximum absolute atomic E-state index is 5.41. The van der Waals surface area contributed by atoms with Crippen LogP contribution in [-0.4, -0.2) is 21.1 Å². The summed E-state index contributed by atoms with van der Waals surface area (Å²) in [5, 5.41) is 12.8. The fraction of sp³-hybridized carbons (Fsp3) is 0.0800.